The van der Waals surface area contributed by atoms with Crippen molar-refractivity contribution in [2.45, 2.75) is 90.4 Å². The van der Waals surface area contributed by atoms with Gasteiger partial charge in [0, 0.05) is 13.2 Å². The van der Waals surface area contributed by atoms with Gasteiger partial charge < -0.3 is 38.9 Å². The van der Waals surface area contributed by atoms with Gasteiger partial charge in [0.1, 0.15) is 0 Å². The summed E-state index contributed by atoms with van der Waals surface area (Å²) in [5.41, 5.74) is 5.33. The maximum Gasteiger partial charge on any atom is 0.0701 e. The van der Waals surface area contributed by atoms with Gasteiger partial charge in [-0.25, -0.2) is 0 Å². The van der Waals surface area contributed by atoms with E-state index in [1.807, 2.05) is 0 Å². The molecule has 0 aromatic rings. The fourth-order valence-electron chi connectivity index (χ4n) is 3.73. The quantitative estimate of drug-likeness (QED) is 0.113. The van der Waals surface area contributed by atoms with E-state index in [9.17, 15) is 0 Å². The highest BCUT2D eigenvalue weighted by Gasteiger charge is 1.96. The van der Waals surface area contributed by atoms with E-state index in [0.717, 1.165) is 13.0 Å². The summed E-state index contributed by atoms with van der Waals surface area (Å²) in [5.74, 6) is 0. The van der Waals surface area contributed by atoms with Crippen molar-refractivity contribution in [1.82, 2.24) is 0 Å². The van der Waals surface area contributed by atoms with Crippen LogP contribution < -0.4 is 5.73 Å². The van der Waals surface area contributed by atoms with Crippen molar-refractivity contribution in [3.8, 4) is 0 Å². The van der Waals surface area contributed by atoms with Gasteiger partial charge in [0.05, 0.1) is 85.9 Å². The third-order valence-corrected chi connectivity index (χ3v) is 5.89. The fourth-order valence-corrected chi connectivity index (χ4v) is 3.73. The second-order valence-electron chi connectivity index (χ2n) is 9.32. The molecule has 0 aliphatic carbocycles. The summed E-state index contributed by atoms with van der Waals surface area (Å²) in [6.07, 6.45) is 17.9. The van der Waals surface area contributed by atoms with Gasteiger partial charge in [0.2, 0.25) is 0 Å². The Labute approximate surface area is 228 Å². The molecule has 8 nitrogen and oxygen atoms in total. The first-order chi connectivity index (χ1) is 18.4. The molecule has 2 N–H and O–H groups in total. The van der Waals surface area contributed by atoms with Crippen molar-refractivity contribution in [2.24, 2.45) is 5.73 Å². The predicted octanol–water partition coefficient (Wildman–Crippen LogP) is 5.15. The Balaban J connectivity index is 3.00. The van der Waals surface area contributed by atoms with E-state index in [0.29, 0.717) is 92.4 Å². The van der Waals surface area contributed by atoms with Crippen LogP contribution in [-0.2, 0) is 33.2 Å². The molecular weight excluding hydrogens is 474 g/mol. The SMILES string of the molecule is CCCCCCCCCCCCCCCOCCOCCOCCOCCOCCOCCOCCN. The van der Waals surface area contributed by atoms with Crippen LogP contribution >= 0.6 is 0 Å². The molecule has 0 aromatic heterocycles. The highest BCUT2D eigenvalue weighted by Crippen LogP contribution is 2.12. The zero-order chi connectivity index (χ0) is 26.7. The monoisotopic (exact) mass is 535 g/mol. The molecule has 0 fully saturated rings. The summed E-state index contributed by atoms with van der Waals surface area (Å²) < 4.78 is 38.2. The zero-order valence-corrected chi connectivity index (χ0v) is 24.2. The second-order valence-corrected chi connectivity index (χ2v) is 9.32. The number of nitrogens with two attached hydrogens (primary N) is 1. The zero-order valence-electron chi connectivity index (χ0n) is 24.2. The molecular formula is C29H61NO7. The smallest absolute Gasteiger partial charge is 0.0701 e. The molecule has 0 radical (unpaired) electrons. The van der Waals surface area contributed by atoms with Crippen LogP contribution in [0.1, 0.15) is 90.4 Å². The Kier molecular flexibility index (Phi) is 35.4. The summed E-state index contributed by atoms with van der Waals surface area (Å²) in [6, 6.07) is 0. The standard InChI is InChI=1S/C29H61NO7/c1-2-3-4-5-6-7-8-9-10-11-12-13-14-16-31-18-20-33-22-24-35-26-28-37-29-27-36-25-23-34-21-19-32-17-15-30/h2-30H2,1H3. The lowest BCUT2D eigenvalue weighted by Crippen LogP contribution is -2.15. The average molecular weight is 536 g/mol. The molecule has 0 spiro atoms. The molecule has 37 heavy (non-hydrogen) atoms. The molecule has 0 aliphatic rings. The third kappa shape index (κ3) is 35.7. The Bertz CT molecular complexity index is 357. The number of rotatable bonds is 34. The molecule has 0 bridgehead atoms. The van der Waals surface area contributed by atoms with Crippen molar-refractivity contribution in [3.63, 3.8) is 0 Å². The molecule has 224 valence electrons. The van der Waals surface area contributed by atoms with Crippen LogP contribution in [0.25, 0.3) is 0 Å². The van der Waals surface area contributed by atoms with Gasteiger partial charge in [-0.05, 0) is 6.42 Å². The van der Waals surface area contributed by atoms with Crippen LogP contribution in [0.3, 0.4) is 0 Å². The highest BCUT2D eigenvalue weighted by molar-refractivity contribution is 4.49. The molecule has 0 saturated carbocycles. The Morgan fingerprint density at radius 3 is 0.838 bits per heavy atom. The topological polar surface area (TPSA) is 90.6 Å². The normalized spacial score (nSPS) is 11.5. The van der Waals surface area contributed by atoms with Crippen molar-refractivity contribution >= 4 is 0 Å². The van der Waals surface area contributed by atoms with Gasteiger partial charge >= 0.3 is 0 Å². The molecule has 0 atom stereocenters. The van der Waals surface area contributed by atoms with Crippen molar-refractivity contribution in [3.05, 3.63) is 0 Å². The average Bonchev–Trinajstić information content (AvgIpc) is 2.91. The van der Waals surface area contributed by atoms with Crippen molar-refractivity contribution in [1.29, 1.82) is 0 Å². The summed E-state index contributed by atoms with van der Waals surface area (Å²) in [5, 5.41) is 0. The minimum Gasteiger partial charge on any atom is -0.379 e. The van der Waals surface area contributed by atoms with Crippen LogP contribution in [0.2, 0.25) is 0 Å². The number of unbranched alkanes of at least 4 members (excludes halogenated alkanes) is 12. The van der Waals surface area contributed by atoms with Gasteiger partial charge in [0.15, 0.2) is 0 Å². The number of hydrogen-bond donors (Lipinski definition) is 1. The van der Waals surface area contributed by atoms with Crippen LogP contribution in [0.15, 0.2) is 0 Å². The van der Waals surface area contributed by atoms with Crippen LogP contribution in [0.5, 0.6) is 0 Å². The minimum atomic E-state index is 0.539. The molecule has 0 rings (SSSR count). The Morgan fingerprint density at radius 2 is 0.541 bits per heavy atom. The summed E-state index contributed by atoms with van der Waals surface area (Å²) in [7, 11) is 0. The summed E-state index contributed by atoms with van der Waals surface area (Å²) in [6.45, 7) is 11.1. The first kappa shape index (κ1) is 36.7. The molecule has 0 aromatic carbocycles. The molecule has 0 amide bonds. The highest BCUT2D eigenvalue weighted by atomic mass is 16.6. The maximum atomic E-state index is 5.65. The third-order valence-electron chi connectivity index (χ3n) is 5.89. The van der Waals surface area contributed by atoms with E-state index < -0.39 is 0 Å². The van der Waals surface area contributed by atoms with E-state index >= 15 is 0 Å². The van der Waals surface area contributed by atoms with E-state index in [1.54, 1.807) is 0 Å². The molecule has 8 heteroatoms. The van der Waals surface area contributed by atoms with Crippen LogP contribution in [0.4, 0.5) is 0 Å². The van der Waals surface area contributed by atoms with E-state index in [4.69, 9.17) is 38.9 Å². The lowest BCUT2D eigenvalue weighted by Gasteiger charge is -2.08. The van der Waals surface area contributed by atoms with E-state index in [2.05, 4.69) is 6.92 Å². The second kappa shape index (κ2) is 35.7. The molecule has 0 saturated heterocycles. The van der Waals surface area contributed by atoms with Gasteiger partial charge in [-0.3, -0.25) is 0 Å². The van der Waals surface area contributed by atoms with E-state index in [-0.39, 0.29) is 0 Å². The summed E-state index contributed by atoms with van der Waals surface area (Å²) in [4.78, 5) is 0. The maximum absolute atomic E-state index is 5.65. The fraction of sp³-hybridized carbons (Fsp3) is 1.00. The molecule has 0 unspecified atom stereocenters. The van der Waals surface area contributed by atoms with Crippen LogP contribution in [0, 0.1) is 0 Å². The van der Waals surface area contributed by atoms with Crippen molar-refractivity contribution < 1.29 is 33.2 Å². The molecule has 0 heterocycles. The Hall–Kier alpha value is -0.320. The Morgan fingerprint density at radius 1 is 0.297 bits per heavy atom. The summed E-state index contributed by atoms with van der Waals surface area (Å²) >= 11 is 0. The lowest BCUT2D eigenvalue weighted by molar-refractivity contribution is -0.0203. The van der Waals surface area contributed by atoms with Gasteiger partial charge in [0.25, 0.3) is 0 Å². The largest absolute Gasteiger partial charge is 0.379 e. The lowest BCUT2D eigenvalue weighted by atomic mass is 10.0. The van der Waals surface area contributed by atoms with Gasteiger partial charge in [-0.2, -0.15) is 0 Å². The molecule has 0 aliphatic heterocycles. The number of ether oxygens (including phenoxy) is 7. The first-order valence-electron chi connectivity index (χ1n) is 15.2. The van der Waals surface area contributed by atoms with Crippen LogP contribution in [-0.4, -0.2) is 99.0 Å². The van der Waals surface area contributed by atoms with E-state index in [1.165, 1.54) is 77.0 Å². The minimum absolute atomic E-state index is 0.539. The predicted molar refractivity (Wildman–Crippen MR) is 150 cm³/mol. The van der Waals surface area contributed by atoms with Gasteiger partial charge in [-0.15, -0.1) is 0 Å². The first-order valence-corrected chi connectivity index (χ1v) is 15.2. The van der Waals surface area contributed by atoms with Crippen molar-refractivity contribution in [2.75, 3.05) is 99.0 Å². The number of hydrogen-bond acceptors (Lipinski definition) is 8. The van der Waals surface area contributed by atoms with Gasteiger partial charge in [-0.1, -0.05) is 84.0 Å².